The largest absolute Gasteiger partial charge is 0.218 e. The predicted octanol–water partition coefficient (Wildman–Crippen LogP) is 7.65. The molecule has 6 rings (SSSR count). The molecule has 0 spiro atoms. The Hall–Kier alpha value is -3.95. The molecule has 0 N–H and O–H groups in total. The van der Waals surface area contributed by atoms with Gasteiger partial charge in [0.05, 0.1) is 9.79 Å². The molecule has 0 saturated heterocycles. The van der Waals surface area contributed by atoms with Gasteiger partial charge in [-0.2, -0.15) is 0 Å². The lowest BCUT2D eigenvalue weighted by atomic mass is 9.90. The summed E-state index contributed by atoms with van der Waals surface area (Å²) in [4.78, 5) is 0.668. The van der Waals surface area contributed by atoms with Crippen molar-refractivity contribution in [3.63, 3.8) is 0 Å². The van der Waals surface area contributed by atoms with E-state index in [1.165, 1.54) is 0 Å². The van der Waals surface area contributed by atoms with Crippen LogP contribution < -0.4 is 0 Å². The number of hydrogen-bond acceptors (Lipinski definition) is 2. The maximum absolute atomic E-state index is 14.0. The summed E-state index contributed by atoms with van der Waals surface area (Å²) in [7, 11) is -3.76. The van der Waals surface area contributed by atoms with Gasteiger partial charge in [-0.3, -0.25) is 0 Å². The maximum Gasteiger partial charge on any atom is 0.207 e. The molecule has 0 heterocycles. The van der Waals surface area contributed by atoms with Gasteiger partial charge in [-0.05, 0) is 56.9 Å². The molecule has 0 aliphatic rings. The summed E-state index contributed by atoms with van der Waals surface area (Å²) in [5.41, 5.74) is 2.12. The van der Waals surface area contributed by atoms with Crippen LogP contribution >= 0.6 is 0 Å². The van der Waals surface area contributed by atoms with Crippen LogP contribution in [0.15, 0.2) is 131 Å². The lowest BCUT2D eigenvalue weighted by molar-refractivity contribution is 0.598. The highest BCUT2D eigenvalue weighted by Gasteiger charge is 2.26. The van der Waals surface area contributed by atoms with Crippen molar-refractivity contribution in [3.8, 4) is 11.1 Å². The zero-order valence-electron chi connectivity index (χ0n) is 17.8. The molecule has 3 heteroatoms. The molecular formula is C30H20O2S. The van der Waals surface area contributed by atoms with E-state index in [-0.39, 0.29) is 0 Å². The Morgan fingerprint density at radius 3 is 1.64 bits per heavy atom. The third kappa shape index (κ3) is 3.12. The first kappa shape index (κ1) is 19.7. The Morgan fingerprint density at radius 1 is 0.455 bits per heavy atom. The molecule has 6 aromatic carbocycles. The van der Waals surface area contributed by atoms with Crippen molar-refractivity contribution in [2.24, 2.45) is 0 Å². The molecule has 0 saturated carbocycles. The molecule has 0 amide bonds. The van der Waals surface area contributed by atoms with Crippen molar-refractivity contribution in [1.82, 2.24) is 0 Å². The Bertz CT molecular complexity index is 1750. The third-order valence-corrected chi connectivity index (χ3v) is 8.10. The number of benzene rings is 6. The van der Waals surface area contributed by atoms with Gasteiger partial charge >= 0.3 is 0 Å². The van der Waals surface area contributed by atoms with Gasteiger partial charge in [-0.25, -0.2) is 8.42 Å². The van der Waals surface area contributed by atoms with E-state index >= 15 is 0 Å². The number of fused-ring (bicyclic) bond motifs is 3. The first-order valence-electron chi connectivity index (χ1n) is 10.9. The van der Waals surface area contributed by atoms with E-state index in [9.17, 15) is 8.42 Å². The summed E-state index contributed by atoms with van der Waals surface area (Å²) in [6, 6.07) is 39.0. The van der Waals surface area contributed by atoms with Gasteiger partial charge in [0, 0.05) is 10.8 Å². The predicted molar refractivity (Wildman–Crippen MR) is 136 cm³/mol. The first-order chi connectivity index (χ1) is 16.1. The van der Waals surface area contributed by atoms with Gasteiger partial charge in [0.1, 0.15) is 0 Å². The van der Waals surface area contributed by atoms with E-state index in [0.29, 0.717) is 9.79 Å². The van der Waals surface area contributed by atoms with Crippen LogP contribution in [0.3, 0.4) is 0 Å². The Balaban J connectivity index is 1.88. The summed E-state index contributed by atoms with van der Waals surface area (Å²) < 4.78 is 28.1. The van der Waals surface area contributed by atoms with Gasteiger partial charge in [-0.15, -0.1) is 0 Å². The average molecular weight is 445 g/mol. The van der Waals surface area contributed by atoms with Crippen LogP contribution in [0.4, 0.5) is 0 Å². The van der Waals surface area contributed by atoms with Crippen molar-refractivity contribution < 1.29 is 8.42 Å². The normalized spacial score (nSPS) is 11.9. The van der Waals surface area contributed by atoms with E-state index in [0.717, 1.165) is 43.4 Å². The lowest BCUT2D eigenvalue weighted by Gasteiger charge is -2.18. The summed E-state index contributed by atoms with van der Waals surface area (Å²) in [5.74, 6) is 0. The van der Waals surface area contributed by atoms with E-state index < -0.39 is 9.84 Å². The number of sulfone groups is 1. The van der Waals surface area contributed by atoms with Crippen LogP contribution in [0.25, 0.3) is 43.4 Å². The number of hydrogen-bond donors (Lipinski definition) is 0. The molecule has 158 valence electrons. The van der Waals surface area contributed by atoms with Crippen LogP contribution in [0, 0.1) is 0 Å². The minimum absolute atomic E-state index is 0.303. The highest BCUT2D eigenvalue weighted by atomic mass is 32.2. The average Bonchev–Trinajstić information content (AvgIpc) is 2.87. The smallest absolute Gasteiger partial charge is 0.207 e. The molecule has 33 heavy (non-hydrogen) atoms. The second kappa shape index (κ2) is 7.58. The molecule has 0 radical (unpaired) electrons. The van der Waals surface area contributed by atoms with Gasteiger partial charge < -0.3 is 0 Å². The Morgan fingerprint density at radius 2 is 0.970 bits per heavy atom. The molecule has 0 fully saturated rings. The highest BCUT2D eigenvalue weighted by Crippen LogP contribution is 2.44. The Kier molecular flexibility index (Phi) is 4.53. The van der Waals surface area contributed by atoms with Crippen molar-refractivity contribution in [3.05, 3.63) is 121 Å². The fraction of sp³-hybridized carbons (Fsp3) is 0. The maximum atomic E-state index is 14.0. The monoisotopic (exact) mass is 444 g/mol. The standard InChI is InChI=1S/C30H20O2S/c31-33(32,24-15-5-2-6-16-24)30-26-18-10-9-17-25(26)29(21-11-3-1-4-12-21)27-19-22-13-7-8-14-23(22)20-28(27)30/h1-20H. The topological polar surface area (TPSA) is 34.1 Å². The van der Waals surface area contributed by atoms with E-state index in [4.69, 9.17) is 0 Å². The van der Waals surface area contributed by atoms with Crippen molar-refractivity contribution in [2.75, 3.05) is 0 Å². The third-order valence-electron chi connectivity index (χ3n) is 6.23. The molecule has 6 aromatic rings. The minimum atomic E-state index is -3.76. The molecule has 0 atom stereocenters. The molecule has 0 bridgehead atoms. The summed E-state index contributed by atoms with van der Waals surface area (Å²) in [5, 5.41) is 5.46. The molecular weight excluding hydrogens is 424 g/mol. The van der Waals surface area contributed by atoms with Crippen molar-refractivity contribution in [1.29, 1.82) is 0 Å². The molecule has 2 nitrogen and oxygen atoms in total. The van der Waals surface area contributed by atoms with Crippen LogP contribution in [-0.2, 0) is 9.84 Å². The zero-order valence-corrected chi connectivity index (χ0v) is 18.6. The molecule has 0 aliphatic heterocycles. The van der Waals surface area contributed by atoms with Crippen LogP contribution in [-0.4, -0.2) is 8.42 Å². The number of rotatable bonds is 3. The molecule has 0 unspecified atom stereocenters. The van der Waals surface area contributed by atoms with E-state index in [1.807, 2.05) is 72.8 Å². The Labute approximate surface area is 192 Å². The lowest BCUT2D eigenvalue weighted by Crippen LogP contribution is -2.05. The fourth-order valence-electron chi connectivity index (χ4n) is 4.75. The first-order valence-corrected chi connectivity index (χ1v) is 12.4. The molecule has 0 aliphatic carbocycles. The quantitative estimate of drug-likeness (QED) is 0.263. The van der Waals surface area contributed by atoms with Crippen LogP contribution in [0.2, 0.25) is 0 Å². The van der Waals surface area contributed by atoms with Crippen molar-refractivity contribution >= 4 is 42.2 Å². The second-order valence-electron chi connectivity index (χ2n) is 8.18. The summed E-state index contributed by atoms with van der Waals surface area (Å²) >= 11 is 0. The second-order valence-corrected chi connectivity index (χ2v) is 10.1. The summed E-state index contributed by atoms with van der Waals surface area (Å²) in [6.07, 6.45) is 0. The molecule has 0 aromatic heterocycles. The van der Waals surface area contributed by atoms with Crippen LogP contribution in [0.5, 0.6) is 0 Å². The van der Waals surface area contributed by atoms with Crippen molar-refractivity contribution in [2.45, 2.75) is 9.79 Å². The van der Waals surface area contributed by atoms with Gasteiger partial charge in [0.25, 0.3) is 0 Å². The highest BCUT2D eigenvalue weighted by molar-refractivity contribution is 7.92. The van der Waals surface area contributed by atoms with Crippen LogP contribution in [0.1, 0.15) is 0 Å². The minimum Gasteiger partial charge on any atom is -0.218 e. The van der Waals surface area contributed by atoms with E-state index in [2.05, 4.69) is 24.3 Å². The van der Waals surface area contributed by atoms with Gasteiger partial charge in [0.2, 0.25) is 9.84 Å². The zero-order chi connectivity index (χ0) is 22.4. The fourth-order valence-corrected chi connectivity index (χ4v) is 6.42. The van der Waals surface area contributed by atoms with Gasteiger partial charge in [0.15, 0.2) is 0 Å². The summed E-state index contributed by atoms with van der Waals surface area (Å²) in [6.45, 7) is 0. The van der Waals surface area contributed by atoms with Gasteiger partial charge in [-0.1, -0.05) is 97.1 Å². The SMILES string of the molecule is O=S(=O)(c1ccccc1)c1c2ccccc2c(-c2ccccc2)c2cc3ccccc3cc12. The van der Waals surface area contributed by atoms with E-state index in [1.54, 1.807) is 24.3 Å².